The van der Waals surface area contributed by atoms with E-state index in [-0.39, 0.29) is 17.7 Å². The minimum atomic E-state index is -3.02. The Hall–Kier alpha value is -2.21. The Bertz CT molecular complexity index is 995. The van der Waals surface area contributed by atoms with Crippen LogP contribution in [-0.2, 0) is 20.8 Å². The van der Waals surface area contributed by atoms with Gasteiger partial charge in [0.2, 0.25) is 11.8 Å². The third kappa shape index (κ3) is 4.49. The number of likely N-dealkylation sites (N-methyl/N-ethyl adjacent to an activating group) is 1. The molecule has 0 radical (unpaired) electrons. The van der Waals surface area contributed by atoms with Crippen molar-refractivity contribution in [3.8, 4) is 0 Å². The molecule has 1 aromatic rings. The molecule has 0 spiro atoms. The number of nitrogens with zero attached hydrogens (tertiary/aromatic N) is 1. The summed E-state index contributed by atoms with van der Waals surface area (Å²) >= 11 is 0. The lowest BCUT2D eigenvalue weighted by Crippen LogP contribution is -2.43. The smallest absolute Gasteiger partial charge is 0.249 e. The number of hydrogen-bond acceptors (Lipinski definition) is 4. The summed E-state index contributed by atoms with van der Waals surface area (Å²) < 4.78 is 63.6. The quantitative estimate of drug-likeness (QED) is 0.796. The molecule has 0 aromatic heterocycles. The number of carbonyl (C=O) groups is 3. The van der Waals surface area contributed by atoms with Crippen molar-refractivity contribution in [3.05, 3.63) is 35.4 Å². The first-order valence-electron chi connectivity index (χ1n) is 12.1. The monoisotopic (exact) mass is 368 g/mol. The Kier molecular flexibility index (Phi) is 3.73. The Balaban J connectivity index is 2.39. The maximum absolute atomic E-state index is 13.1. The standard InChI is InChI=1S/C20H28N2O4/c1-12(2)18(24)16(23)11-13(3)19(25)21-17-15-8-6-5-7-14(15)9-10-22(4)20(17)26/h5-8,12-13,17-18,24H,9-11H2,1-4H3,(H,21,25)/t13-,17+,18+/m1/s1/i1D3,9D2,12D,13D,17D/t12?,13-,17+,18+. The molecule has 2 N–H and O–H groups in total. The summed E-state index contributed by atoms with van der Waals surface area (Å²) in [7, 11) is 1.27. The SMILES string of the molecule is [2H]C1([2H])CN(C)C(=O)[C@@]([2H])(NC(=O)[C@]([2H])(C)CC(=O)[C@@H](O)C([2H])(C)C([2H])([2H])[2H])c2ccccc21. The van der Waals surface area contributed by atoms with Gasteiger partial charge in [-0.2, -0.15) is 0 Å². The molecule has 0 bridgehead atoms. The summed E-state index contributed by atoms with van der Waals surface area (Å²) in [4.78, 5) is 39.5. The van der Waals surface area contributed by atoms with E-state index in [4.69, 9.17) is 11.0 Å². The van der Waals surface area contributed by atoms with Crippen LogP contribution in [0.4, 0.5) is 0 Å². The molecule has 1 aliphatic rings. The van der Waals surface area contributed by atoms with Gasteiger partial charge in [-0.1, -0.05) is 45.0 Å². The highest BCUT2D eigenvalue weighted by Crippen LogP contribution is 2.25. The van der Waals surface area contributed by atoms with E-state index in [0.717, 1.165) is 18.7 Å². The van der Waals surface area contributed by atoms with Crippen LogP contribution in [0.15, 0.2) is 24.3 Å². The molecule has 1 heterocycles. The van der Waals surface area contributed by atoms with Crippen LogP contribution in [0.5, 0.6) is 0 Å². The van der Waals surface area contributed by atoms with Crippen LogP contribution in [0.1, 0.15) is 55.2 Å². The van der Waals surface area contributed by atoms with E-state index in [1.165, 1.54) is 31.3 Å². The van der Waals surface area contributed by atoms with E-state index in [1.54, 1.807) is 0 Å². The van der Waals surface area contributed by atoms with Gasteiger partial charge in [0, 0.05) is 35.5 Å². The fourth-order valence-electron chi connectivity index (χ4n) is 2.46. The Morgan fingerprint density at radius 3 is 2.88 bits per heavy atom. The van der Waals surface area contributed by atoms with E-state index >= 15 is 0 Å². The number of rotatable bonds is 6. The van der Waals surface area contributed by atoms with Crippen LogP contribution in [-0.4, -0.2) is 47.3 Å². The highest BCUT2D eigenvalue weighted by Gasteiger charge is 2.32. The Labute approximate surface area is 165 Å². The molecule has 0 saturated carbocycles. The number of aliphatic hydroxyl groups excluding tert-OH is 1. The van der Waals surface area contributed by atoms with Crippen molar-refractivity contribution in [1.29, 1.82) is 0 Å². The van der Waals surface area contributed by atoms with Crippen LogP contribution < -0.4 is 5.32 Å². The van der Waals surface area contributed by atoms with E-state index in [0.29, 0.717) is 0 Å². The average molecular weight is 369 g/mol. The van der Waals surface area contributed by atoms with Gasteiger partial charge in [0.1, 0.15) is 12.1 Å². The lowest BCUT2D eigenvalue weighted by molar-refractivity contribution is -0.137. The zero-order valence-electron chi connectivity index (χ0n) is 22.9. The van der Waals surface area contributed by atoms with Gasteiger partial charge in [0.05, 0.1) is 1.37 Å². The van der Waals surface area contributed by atoms with Crippen LogP contribution in [0.25, 0.3) is 0 Å². The van der Waals surface area contributed by atoms with E-state index in [1.807, 2.05) is 0 Å². The first-order valence-corrected chi connectivity index (χ1v) is 8.07. The van der Waals surface area contributed by atoms with Gasteiger partial charge < -0.3 is 15.3 Å². The zero-order chi connectivity index (χ0) is 26.5. The highest BCUT2D eigenvalue weighted by molar-refractivity contribution is 5.92. The summed E-state index contributed by atoms with van der Waals surface area (Å²) in [5.41, 5.74) is -0.130. The van der Waals surface area contributed by atoms with Gasteiger partial charge in [0.25, 0.3) is 0 Å². The molecule has 26 heavy (non-hydrogen) atoms. The molecule has 0 saturated heterocycles. The van der Waals surface area contributed by atoms with Crippen LogP contribution in [0.2, 0.25) is 0 Å². The van der Waals surface area contributed by atoms with Gasteiger partial charge in [-0.3, -0.25) is 14.4 Å². The van der Waals surface area contributed by atoms with Crippen molar-refractivity contribution < 1.29 is 30.5 Å². The Morgan fingerprint density at radius 2 is 2.19 bits per heavy atom. The van der Waals surface area contributed by atoms with Crippen molar-refractivity contribution >= 4 is 17.6 Å². The van der Waals surface area contributed by atoms with Crippen molar-refractivity contribution in [3.63, 3.8) is 0 Å². The molecule has 1 aromatic carbocycles. The van der Waals surface area contributed by atoms with Crippen LogP contribution in [0.3, 0.4) is 0 Å². The predicted molar refractivity (Wildman–Crippen MR) is 98.3 cm³/mol. The second-order valence-electron chi connectivity index (χ2n) is 6.22. The van der Waals surface area contributed by atoms with E-state index < -0.39 is 61.2 Å². The number of carbonyl (C=O) groups excluding carboxylic acids is 3. The summed E-state index contributed by atoms with van der Waals surface area (Å²) in [6, 6.07) is 3.17. The van der Waals surface area contributed by atoms with Crippen LogP contribution in [0, 0.1) is 11.8 Å². The van der Waals surface area contributed by atoms with Crippen molar-refractivity contribution in [2.24, 2.45) is 11.8 Å². The number of nitrogens with one attached hydrogen (secondary N) is 1. The number of amides is 2. The highest BCUT2D eigenvalue weighted by atomic mass is 16.3. The fraction of sp³-hybridized carbons (Fsp3) is 0.550. The third-order valence-corrected chi connectivity index (χ3v) is 4.04. The van der Waals surface area contributed by atoms with Gasteiger partial charge in [0.15, 0.2) is 5.78 Å². The van der Waals surface area contributed by atoms with Crippen LogP contribution >= 0.6 is 0 Å². The maximum atomic E-state index is 13.1. The second kappa shape index (κ2) is 8.45. The Morgan fingerprint density at radius 1 is 1.50 bits per heavy atom. The molecule has 142 valence electrons. The number of benzene rings is 1. The number of hydrogen-bond donors (Lipinski definition) is 2. The largest absolute Gasteiger partial charge is 0.385 e. The minimum absolute atomic E-state index is 0.00355. The van der Waals surface area contributed by atoms with Gasteiger partial charge in [-0.25, -0.2) is 0 Å². The number of aliphatic hydroxyl groups is 1. The normalized spacial score (nSPS) is 32.8. The third-order valence-electron chi connectivity index (χ3n) is 4.04. The molecule has 4 atom stereocenters. The molecule has 2 rings (SSSR count). The summed E-state index contributed by atoms with van der Waals surface area (Å²) in [6.45, 7) is -1.58. The molecule has 0 fully saturated rings. The first-order chi connectivity index (χ1) is 15.2. The average Bonchev–Trinajstić information content (AvgIpc) is 2.75. The maximum Gasteiger partial charge on any atom is 0.249 e. The molecular formula is C20H28N2O4. The summed E-state index contributed by atoms with van der Waals surface area (Å²) in [6.07, 6.45) is -5.35. The van der Waals surface area contributed by atoms with Crippen molar-refractivity contribution in [2.45, 2.75) is 45.6 Å². The molecule has 1 aliphatic heterocycles. The molecule has 2 amide bonds. The topological polar surface area (TPSA) is 86.7 Å². The second-order valence-corrected chi connectivity index (χ2v) is 6.22. The van der Waals surface area contributed by atoms with E-state index in [9.17, 15) is 19.5 Å². The zero-order valence-corrected chi connectivity index (χ0v) is 14.9. The van der Waals surface area contributed by atoms with Crippen molar-refractivity contribution in [1.82, 2.24) is 10.2 Å². The molecular weight excluding hydrogens is 332 g/mol. The fourth-order valence-corrected chi connectivity index (χ4v) is 2.46. The number of ketones is 1. The van der Waals surface area contributed by atoms with Gasteiger partial charge in [-0.05, 0) is 23.4 Å². The summed E-state index contributed by atoms with van der Waals surface area (Å²) in [5, 5.41) is 12.3. The van der Waals surface area contributed by atoms with E-state index in [2.05, 4.69) is 5.32 Å². The number of fused-ring (bicyclic) bond motifs is 1. The van der Waals surface area contributed by atoms with Gasteiger partial charge in [-0.15, -0.1) is 0 Å². The molecule has 0 aliphatic carbocycles. The lowest BCUT2D eigenvalue weighted by atomic mass is 9.94. The molecule has 1 unspecified atom stereocenters. The van der Waals surface area contributed by atoms with Crippen molar-refractivity contribution in [2.75, 3.05) is 13.6 Å². The minimum Gasteiger partial charge on any atom is -0.385 e. The lowest BCUT2D eigenvalue weighted by Gasteiger charge is -2.24. The molecule has 6 heteroatoms. The number of Topliss-reactive ketones (excluding diaryl/α,β-unsaturated/α-hetero) is 1. The first kappa shape index (κ1) is 11.5. The van der Waals surface area contributed by atoms with Gasteiger partial charge >= 0.3 is 0 Å². The molecule has 6 nitrogen and oxygen atoms in total. The summed E-state index contributed by atoms with van der Waals surface area (Å²) in [5.74, 6) is -8.38. The predicted octanol–water partition coefficient (Wildman–Crippen LogP) is 1.47.